The molecular formula is C20H19N4OS+. The fourth-order valence-corrected chi connectivity index (χ4v) is 4.01. The number of Topliss-reactive ketones (excluding diaryl/α,β-unsaturated/α-hetero) is 1. The minimum atomic E-state index is -0.184. The molecule has 0 saturated heterocycles. The van der Waals surface area contributed by atoms with E-state index in [-0.39, 0.29) is 11.7 Å². The van der Waals surface area contributed by atoms with E-state index in [1.807, 2.05) is 62.5 Å². The lowest BCUT2D eigenvalue weighted by molar-refractivity contribution is -0.402. The van der Waals surface area contributed by atoms with Crippen LogP contribution in [0, 0.1) is 0 Å². The lowest BCUT2D eigenvalue weighted by Gasteiger charge is -2.06. The Morgan fingerprint density at radius 2 is 1.88 bits per heavy atom. The number of benzene rings is 2. The predicted molar refractivity (Wildman–Crippen MR) is 103 cm³/mol. The van der Waals surface area contributed by atoms with Crippen LogP contribution in [0.5, 0.6) is 0 Å². The van der Waals surface area contributed by atoms with E-state index in [0.29, 0.717) is 16.7 Å². The van der Waals surface area contributed by atoms with Gasteiger partial charge in [0.15, 0.2) is 17.3 Å². The Bertz CT molecular complexity index is 994. The van der Waals surface area contributed by atoms with Gasteiger partial charge in [0.1, 0.15) is 13.0 Å². The van der Waals surface area contributed by atoms with Gasteiger partial charge in [-0.15, -0.1) is 5.10 Å². The van der Waals surface area contributed by atoms with Crippen molar-refractivity contribution in [2.75, 3.05) is 12.8 Å². The highest BCUT2D eigenvalue weighted by Gasteiger charge is 2.38. The number of nitrogens with zero attached hydrogens (tertiary/aromatic N) is 3. The molecule has 0 amide bonds. The Labute approximate surface area is 156 Å². The van der Waals surface area contributed by atoms with Gasteiger partial charge in [-0.1, -0.05) is 60.3 Å². The Morgan fingerprint density at radius 3 is 2.69 bits per heavy atom. The van der Waals surface area contributed by atoms with Crippen molar-refractivity contribution >= 4 is 28.9 Å². The summed E-state index contributed by atoms with van der Waals surface area (Å²) in [7, 11) is 2.01. The first-order valence-corrected chi connectivity index (χ1v) is 9.43. The average molecular weight is 363 g/mol. The molecule has 6 heteroatoms. The molecule has 2 aromatic carbocycles. The highest BCUT2D eigenvalue weighted by atomic mass is 32.2. The molecule has 130 valence electrons. The summed E-state index contributed by atoms with van der Waals surface area (Å²) in [6.07, 6.45) is 0. The Morgan fingerprint density at radius 1 is 1.15 bits per heavy atom. The van der Waals surface area contributed by atoms with E-state index in [0.717, 1.165) is 22.5 Å². The minimum absolute atomic E-state index is 0.176. The van der Waals surface area contributed by atoms with Crippen molar-refractivity contribution in [3.8, 4) is 11.4 Å². The van der Waals surface area contributed by atoms with Gasteiger partial charge in [0.25, 0.3) is 0 Å². The molecule has 0 spiro atoms. The van der Waals surface area contributed by atoms with Gasteiger partial charge in [-0.05, 0) is 0 Å². The van der Waals surface area contributed by atoms with Gasteiger partial charge >= 0.3 is 0 Å². The second-order valence-electron chi connectivity index (χ2n) is 6.28. The Kier molecular flexibility index (Phi) is 4.42. The van der Waals surface area contributed by atoms with Gasteiger partial charge in [-0.3, -0.25) is 9.89 Å². The first-order valence-electron chi connectivity index (χ1n) is 8.44. The molecule has 1 atom stereocenters. The molecule has 0 aliphatic carbocycles. The van der Waals surface area contributed by atoms with E-state index in [1.165, 1.54) is 11.8 Å². The van der Waals surface area contributed by atoms with Crippen LogP contribution in [0.3, 0.4) is 0 Å². The van der Waals surface area contributed by atoms with Crippen molar-refractivity contribution in [1.82, 2.24) is 15.2 Å². The minimum Gasteiger partial charge on any atom is -0.297 e. The summed E-state index contributed by atoms with van der Waals surface area (Å²) in [5.41, 5.74) is 4.24. The Hall–Kier alpha value is -2.73. The standard InChI is InChI=1S/C20H19N4OS/c1-13-18(15-10-6-7-11-16(15)24(13)2)17(25)12-26-20-21-19(22-23-20)14-8-4-3-5-9-14/h3-11,18H,12H2,1-2H3,(H,21,22,23)/q+1. The third kappa shape index (κ3) is 2.97. The lowest BCUT2D eigenvalue weighted by Crippen LogP contribution is -2.21. The van der Waals surface area contributed by atoms with Gasteiger partial charge in [-0.2, -0.15) is 0 Å². The maximum Gasteiger partial charge on any atom is 0.209 e. The predicted octanol–water partition coefficient (Wildman–Crippen LogP) is 3.67. The number of aromatic amines is 1. The summed E-state index contributed by atoms with van der Waals surface area (Å²) in [6, 6.07) is 17.9. The number of hydrogen-bond acceptors (Lipinski definition) is 4. The molecule has 26 heavy (non-hydrogen) atoms. The SMILES string of the molecule is CC1=[N+](C)c2ccccc2C1C(=O)CSc1n[nH]c(-c2ccccc2)n1. The van der Waals surface area contributed by atoms with E-state index >= 15 is 0 Å². The van der Waals surface area contributed by atoms with Crippen molar-refractivity contribution in [3.05, 3.63) is 60.2 Å². The molecule has 5 nitrogen and oxygen atoms in total. The second kappa shape index (κ2) is 6.88. The molecule has 0 saturated carbocycles. The fourth-order valence-electron chi connectivity index (χ4n) is 3.31. The number of ketones is 1. The van der Waals surface area contributed by atoms with Crippen LogP contribution >= 0.6 is 11.8 Å². The van der Waals surface area contributed by atoms with E-state index < -0.39 is 0 Å². The van der Waals surface area contributed by atoms with Gasteiger partial charge in [0.2, 0.25) is 10.8 Å². The van der Waals surface area contributed by atoms with Crippen LogP contribution in [-0.2, 0) is 4.79 Å². The normalized spacial score (nSPS) is 16.0. The van der Waals surface area contributed by atoms with E-state index in [1.54, 1.807) is 0 Å². The summed E-state index contributed by atoms with van der Waals surface area (Å²) in [6.45, 7) is 2.02. The van der Waals surface area contributed by atoms with Crippen LogP contribution in [0.2, 0.25) is 0 Å². The summed E-state index contributed by atoms with van der Waals surface area (Å²) in [5, 5.41) is 7.76. The number of H-pyrrole nitrogens is 1. The first kappa shape index (κ1) is 16.7. The van der Waals surface area contributed by atoms with Crippen LogP contribution in [0.15, 0.2) is 59.8 Å². The van der Waals surface area contributed by atoms with Gasteiger partial charge in [0, 0.05) is 24.1 Å². The Balaban J connectivity index is 1.48. The number of hydrogen-bond donors (Lipinski definition) is 1. The van der Waals surface area contributed by atoms with Gasteiger partial charge in [-0.25, -0.2) is 9.56 Å². The third-order valence-electron chi connectivity index (χ3n) is 4.73. The molecule has 1 unspecified atom stereocenters. The largest absolute Gasteiger partial charge is 0.297 e. The summed E-state index contributed by atoms with van der Waals surface area (Å²) >= 11 is 1.37. The zero-order valence-electron chi connectivity index (χ0n) is 14.6. The monoisotopic (exact) mass is 363 g/mol. The van der Waals surface area contributed by atoms with E-state index in [4.69, 9.17) is 0 Å². The molecule has 3 aromatic rings. The fraction of sp³-hybridized carbons (Fsp3) is 0.200. The van der Waals surface area contributed by atoms with Crippen LogP contribution in [-0.4, -0.2) is 44.1 Å². The molecule has 0 radical (unpaired) electrons. The van der Waals surface area contributed by atoms with E-state index in [9.17, 15) is 4.79 Å². The number of thioether (sulfide) groups is 1. The third-order valence-corrected chi connectivity index (χ3v) is 5.60. The van der Waals surface area contributed by atoms with E-state index in [2.05, 4.69) is 25.8 Å². The van der Waals surface area contributed by atoms with Crippen molar-refractivity contribution in [3.63, 3.8) is 0 Å². The molecule has 0 bridgehead atoms. The molecule has 1 aliphatic rings. The first-order chi connectivity index (χ1) is 12.6. The van der Waals surface area contributed by atoms with Crippen molar-refractivity contribution in [1.29, 1.82) is 0 Å². The average Bonchev–Trinajstić information content (AvgIpc) is 3.25. The molecular weight excluding hydrogens is 344 g/mol. The zero-order chi connectivity index (χ0) is 18.1. The maximum atomic E-state index is 12.9. The number of rotatable bonds is 5. The van der Waals surface area contributed by atoms with Crippen LogP contribution in [0.25, 0.3) is 11.4 Å². The topological polar surface area (TPSA) is 61.6 Å². The quantitative estimate of drug-likeness (QED) is 0.555. The summed E-state index contributed by atoms with van der Waals surface area (Å²) < 4.78 is 2.10. The second-order valence-corrected chi connectivity index (χ2v) is 7.22. The molecule has 4 rings (SSSR count). The zero-order valence-corrected chi connectivity index (χ0v) is 15.5. The lowest BCUT2D eigenvalue weighted by atomic mass is 9.93. The molecule has 1 N–H and O–H groups in total. The number of aromatic nitrogens is 3. The number of carbonyl (C=O) groups is 1. The van der Waals surface area contributed by atoms with Crippen LogP contribution < -0.4 is 0 Å². The molecule has 0 fully saturated rings. The van der Waals surface area contributed by atoms with Crippen molar-refractivity contribution < 1.29 is 9.37 Å². The molecule has 1 aromatic heterocycles. The number of fused-ring (bicyclic) bond motifs is 1. The van der Waals surface area contributed by atoms with Crippen LogP contribution in [0.1, 0.15) is 18.4 Å². The summed E-state index contributed by atoms with van der Waals surface area (Å²) in [4.78, 5) is 17.4. The van der Waals surface area contributed by atoms with Crippen molar-refractivity contribution in [2.45, 2.75) is 18.0 Å². The molecule has 2 heterocycles. The van der Waals surface area contributed by atoms with Gasteiger partial charge in [0.05, 0.1) is 5.75 Å². The van der Waals surface area contributed by atoms with Crippen LogP contribution in [0.4, 0.5) is 5.69 Å². The number of para-hydroxylation sites is 1. The van der Waals surface area contributed by atoms with Gasteiger partial charge < -0.3 is 0 Å². The maximum absolute atomic E-state index is 12.9. The molecule has 1 aliphatic heterocycles. The number of nitrogens with one attached hydrogen (secondary N) is 1. The van der Waals surface area contributed by atoms with Crippen molar-refractivity contribution in [2.24, 2.45) is 0 Å². The smallest absolute Gasteiger partial charge is 0.209 e. The summed E-state index contributed by atoms with van der Waals surface area (Å²) in [5.74, 6) is 1.05. The number of carbonyl (C=O) groups excluding carboxylic acids is 1. The highest BCUT2D eigenvalue weighted by Crippen LogP contribution is 2.35. The highest BCUT2D eigenvalue weighted by molar-refractivity contribution is 7.99.